The van der Waals surface area contributed by atoms with Crippen LogP contribution in [0.25, 0.3) is 0 Å². The lowest BCUT2D eigenvalue weighted by Gasteiger charge is -2.18. The third-order valence-corrected chi connectivity index (χ3v) is 3.06. The molecule has 2 amide bonds. The van der Waals surface area contributed by atoms with E-state index in [2.05, 4.69) is 5.32 Å². The molecule has 1 heterocycles. The summed E-state index contributed by atoms with van der Waals surface area (Å²) >= 11 is 1.29. The van der Waals surface area contributed by atoms with Crippen LogP contribution >= 0.6 is 11.8 Å². The molecule has 0 aromatic rings. The highest BCUT2D eigenvalue weighted by molar-refractivity contribution is 8.13. The van der Waals surface area contributed by atoms with E-state index in [4.69, 9.17) is 0 Å². The van der Waals surface area contributed by atoms with E-state index in [-0.39, 0.29) is 17.7 Å². The molecule has 0 aliphatic carbocycles. The average Bonchev–Trinajstić information content (AvgIpc) is 2.57. The fourth-order valence-corrected chi connectivity index (χ4v) is 2.12. The number of aliphatic hydroxyl groups is 1. The van der Waals surface area contributed by atoms with Gasteiger partial charge in [-0.3, -0.25) is 9.59 Å². The second-order valence-corrected chi connectivity index (χ2v) is 5.49. The first-order valence-electron chi connectivity index (χ1n) is 5.29. The maximum atomic E-state index is 11.4. The number of carbonyl (C=O) groups is 2. The lowest BCUT2D eigenvalue weighted by molar-refractivity contribution is -0.122. The summed E-state index contributed by atoms with van der Waals surface area (Å²) in [6.45, 7) is 4.68. The van der Waals surface area contributed by atoms with Crippen LogP contribution in [0.15, 0.2) is 0 Å². The summed E-state index contributed by atoms with van der Waals surface area (Å²) in [6, 6.07) is 0. The van der Waals surface area contributed by atoms with Crippen LogP contribution in [0.5, 0.6) is 0 Å². The normalized spacial score (nSPS) is 16.7. The van der Waals surface area contributed by atoms with Gasteiger partial charge < -0.3 is 15.3 Å². The van der Waals surface area contributed by atoms with E-state index in [1.54, 1.807) is 18.7 Å². The highest BCUT2D eigenvalue weighted by Gasteiger charge is 2.21. The predicted octanol–water partition coefficient (Wildman–Crippen LogP) is 0.432. The molecule has 0 radical (unpaired) electrons. The molecule has 1 aliphatic rings. The van der Waals surface area contributed by atoms with E-state index in [0.29, 0.717) is 13.0 Å². The Morgan fingerprint density at radius 1 is 1.62 bits per heavy atom. The van der Waals surface area contributed by atoms with Crippen molar-refractivity contribution in [2.24, 2.45) is 0 Å². The molecule has 0 spiro atoms. The summed E-state index contributed by atoms with van der Waals surface area (Å²) in [6.07, 6.45) is 0.294. The van der Waals surface area contributed by atoms with E-state index in [1.165, 1.54) is 11.8 Å². The summed E-state index contributed by atoms with van der Waals surface area (Å²) in [5.41, 5.74) is -0.894. The number of nitrogens with zero attached hydrogens (tertiary/aromatic N) is 1. The zero-order chi connectivity index (χ0) is 12.2. The van der Waals surface area contributed by atoms with Crippen LogP contribution in [0.1, 0.15) is 20.3 Å². The van der Waals surface area contributed by atoms with E-state index in [1.807, 2.05) is 0 Å². The van der Waals surface area contributed by atoms with Crippen LogP contribution in [0.3, 0.4) is 0 Å². The molecule has 1 aliphatic heterocycles. The number of hydrogen-bond acceptors (Lipinski definition) is 4. The molecular formula is C10H18N2O3S. The van der Waals surface area contributed by atoms with Crippen LogP contribution in [0.2, 0.25) is 0 Å². The van der Waals surface area contributed by atoms with Gasteiger partial charge in [0, 0.05) is 31.8 Å². The highest BCUT2D eigenvalue weighted by Crippen LogP contribution is 2.16. The van der Waals surface area contributed by atoms with Crippen molar-refractivity contribution in [3.05, 3.63) is 0 Å². The standard InChI is InChI=1S/C10H18N2O3S/c1-10(2,15)7-11-8(13)3-4-12-5-6-16-9(12)14/h15H,3-7H2,1-2H3,(H,11,13). The fraction of sp³-hybridized carbons (Fsp3) is 0.800. The molecule has 0 aromatic heterocycles. The zero-order valence-electron chi connectivity index (χ0n) is 9.65. The number of amides is 2. The van der Waals surface area contributed by atoms with Crippen LogP contribution in [-0.4, -0.2) is 52.1 Å². The molecule has 0 bridgehead atoms. The van der Waals surface area contributed by atoms with Crippen molar-refractivity contribution < 1.29 is 14.7 Å². The van der Waals surface area contributed by atoms with Gasteiger partial charge in [0.05, 0.1) is 5.60 Å². The molecule has 1 rings (SSSR count). The fourth-order valence-electron chi connectivity index (χ4n) is 1.27. The largest absolute Gasteiger partial charge is 0.389 e. The van der Waals surface area contributed by atoms with Gasteiger partial charge in [-0.15, -0.1) is 0 Å². The summed E-state index contributed by atoms with van der Waals surface area (Å²) in [7, 11) is 0. The van der Waals surface area contributed by atoms with E-state index in [9.17, 15) is 14.7 Å². The summed E-state index contributed by atoms with van der Waals surface area (Å²) in [4.78, 5) is 24.3. The van der Waals surface area contributed by atoms with Crippen molar-refractivity contribution in [3.63, 3.8) is 0 Å². The van der Waals surface area contributed by atoms with Crippen molar-refractivity contribution in [2.75, 3.05) is 25.4 Å². The Hall–Kier alpha value is -0.750. The maximum Gasteiger partial charge on any atom is 0.281 e. The Labute approximate surface area is 99.6 Å². The molecule has 16 heavy (non-hydrogen) atoms. The lowest BCUT2D eigenvalue weighted by atomic mass is 10.1. The van der Waals surface area contributed by atoms with Gasteiger partial charge in [0.2, 0.25) is 5.91 Å². The first-order chi connectivity index (χ1) is 7.38. The summed E-state index contributed by atoms with van der Waals surface area (Å²) in [5, 5.41) is 12.1. The van der Waals surface area contributed by atoms with Gasteiger partial charge in [0.1, 0.15) is 0 Å². The Bertz CT molecular complexity index is 276. The van der Waals surface area contributed by atoms with E-state index < -0.39 is 5.60 Å². The van der Waals surface area contributed by atoms with E-state index in [0.717, 1.165) is 12.3 Å². The molecule has 92 valence electrons. The van der Waals surface area contributed by atoms with Gasteiger partial charge in [-0.2, -0.15) is 0 Å². The molecule has 1 saturated heterocycles. The summed E-state index contributed by atoms with van der Waals surface area (Å²) < 4.78 is 0. The molecule has 6 heteroatoms. The minimum atomic E-state index is -0.894. The lowest BCUT2D eigenvalue weighted by Crippen LogP contribution is -2.39. The molecule has 0 unspecified atom stereocenters. The van der Waals surface area contributed by atoms with Gasteiger partial charge in [-0.1, -0.05) is 11.8 Å². The van der Waals surface area contributed by atoms with Gasteiger partial charge in [-0.25, -0.2) is 0 Å². The molecular weight excluding hydrogens is 228 g/mol. The Morgan fingerprint density at radius 2 is 2.31 bits per heavy atom. The Balaban J connectivity index is 2.17. The third-order valence-electron chi connectivity index (χ3n) is 2.17. The average molecular weight is 246 g/mol. The molecule has 0 atom stereocenters. The second-order valence-electron chi connectivity index (χ2n) is 4.44. The number of carbonyl (C=O) groups excluding carboxylic acids is 2. The second kappa shape index (κ2) is 5.54. The minimum Gasteiger partial charge on any atom is -0.389 e. The van der Waals surface area contributed by atoms with Crippen molar-refractivity contribution in [3.8, 4) is 0 Å². The van der Waals surface area contributed by atoms with Crippen molar-refractivity contribution in [1.82, 2.24) is 10.2 Å². The predicted molar refractivity (Wildman–Crippen MR) is 63.4 cm³/mol. The van der Waals surface area contributed by atoms with Gasteiger partial charge in [0.25, 0.3) is 5.24 Å². The number of thioether (sulfide) groups is 1. The third kappa shape index (κ3) is 4.85. The first kappa shape index (κ1) is 13.3. The van der Waals surface area contributed by atoms with Crippen LogP contribution < -0.4 is 5.32 Å². The molecule has 2 N–H and O–H groups in total. The zero-order valence-corrected chi connectivity index (χ0v) is 10.5. The number of nitrogens with one attached hydrogen (secondary N) is 1. The SMILES string of the molecule is CC(C)(O)CNC(=O)CCN1CCSC1=O. The molecule has 1 fully saturated rings. The molecule has 0 aromatic carbocycles. The minimum absolute atomic E-state index is 0.0512. The van der Waals surface area contributed by atoms with Crippen molar-refractivity contribution >= 4 is 22.9 Å². The summed E-state index contributed by atoms with van der Waals surface area (Å²) in [5.74, 6) is 0.677. The number of hydrogen-bond donors (Lipinski definition) is 2. The van der Waals surface area contributed by atoms with Crippen LogP contribution in [0, 0.1) is 0 Å². The monoisotopic (exact) mass is 246 g/mol. The Kier molecular flexibility index (Phi) is 4.61. The van der Waals surface area contributed by atoms with Crippen molar-refractivity contribution in [2.45, 2.75) is 25.9 Å². The van der Waals surface area contributed by atoms with Gasteiger partial charge >= 0.3 is 0 Å². The maximum absolute atomic E-state index is 11.4. The van der Waals surface area contributed by atoms with Gasteiger partial charge in [-0.05, 0) is 13.8 Å². The van der Waals surface area contributed by atoms with E-state index >= 15 is 0 Å². The highest BCUT2D eigenvalue weighted by atomic mass is 32.2. The quantitative estimate of drug-likeness (QED) is 0.738. The Morgan fingerprint density at radius 3 is 2.81 bits per heavy atom. The topological polar surface area (TPSA) is 69.6 Å². The van der Waals surface area contributed by atoms with Crippen LogP contribution in [0.4, 0.5) is 4.79 Å². The molecule has 0 saturated carbocycles. The number of rotatable bonds is 5. The smallest absolute Gasteiger partial charge is 0.281 e. The first-order valence-corrected chi connectivity index (χ1v) is 6.28. The van der Waals surface area contributed by atoms with Gasteiger partial charge in [0.15, 0.2) is 0 Å². The van der Waals surface area contributed by atoms with Crippen LogP contribution in [-0.2, 0) is 4.79 Å². The van der Waals surface area contributed by atoms with Crippen molar-refractivity contribution in [1.29, 1.82) is 0 Å². The molecule has 5 nitrogen and oxygen atoms in total.